The number of fused-ring (bicyclic) bond motifs is 1. The molecule has 0 aliphatic heterocycles. The lowest BCUT2D eigenvalue weighted by molar-refractivity contribution is -0.137. The zero-order valence-electron chi connectivity index (χ0n) is 11.3. The second-order valence-corrected chi connectivity index (χ2v) is 4.42. The fourth-order valence-corrected chi connectivity index (χ4v) is 1.61. The van der Waals surface area contributed by atoms with Crippen molar-refractivity contribution in [1.29, 1.82) is 0 Å². The fourth-order valence-electron chi connectivity index (χ4n) is 1.61. The molecule has 0 bridgehead atoms. The topological polar surface area (TPSA) is 106 Å². The minimum absolute atomic E-state index is 0.123. The number of carbonyl (C=O) groups is 1. The monoisotopic (exact) mass is 278 g/mol. The average molecular weight is 278 g/mol. The molecule has 9 nitrogen and oxygen atoms in total. The maximum Gasteiger partial charge on any atom is 0.323 e. The Morgan fingerprint density at radius 2 is 2.25 bits per heavy atom. The first-order valence-corrected chi connectivity index (χ1v) is 5.74. The van der Waals surface area contributed by atoms with Crippen LogP contribution in [0, 0.1) is 0 Å². The molecule has 106 valence electrons. The summed E-state index contributed by atoms with van der Waals surface area (Å²) in [5, 5.41) is 8.82. The number of hydrogen-bond acceptors (Lipinski definition) is 5. The number of carboxylic acid groups (broad SMARTS) is 1. The summed E-state index contributed by atoms with van der Waals surface area (Å²) in [7, 11) is 5.11. The summed E-state index contributed by atoms with van der Waals surface area (Å²) in [5.41, 5.74) is -0.0380. The van der Waals surface area contributed by atoms with Crippen LogP contribution in [-0.4, -0.2) is 55.5 Å². The molecule has 0 spiro atoms. The molecule has 0 saturated heterocycles. The molecular weight excluding hydrogens is 264 g/mol. The molecule has 2 aromatic heterocycles. The summed E-state index contributed by atoms with van der Waals surface area (Å²) in [6.45, 7) is -0.312. The Balaban J connectivity index is 2.63. The van der Waals surface area contributed by atoms with Crippen molar-refractivity contribution in [2.24, 2.45) is 12.0 Å². The number of carboxylic acids is 1. The van der Waals surface area contributed by atoms with E-state index >= 15 is 0 Å². The Kier molecular flexibility index (Phi) is 3.51. The number of rotatable bonds is 4. The molecule has 0 atom stereocenters. The Morgan fingerprint density at radius 3 is 2.85 bits per heavy atom. The van der Waals surface area contributed by atoms with E-state index in [1.165, 1.54) is 28.8 Å². The summed E-state index contributed by atoms with van der Waals surface area (Å²) in [5.74, 6) is -0.853. The van der Waals surface area contributed by atoms with Crippen LogP contribution in [0.15, 0.2) is 16.1 Å². The average Bonchev–Trinajstić information content (AvgIpc) is 2.74. The van der Waals surface area contributed by atoms with Gasteiger partial charge in [0.2, 0.25) is 5.95 Å². The van der Waals surface area contributed by atoms with Crippen molar-refractivity contribution in [2.45, 2.75) is 6.54 Å². The first-order valence-electron chi connectivity index (χ1n) is 5.74. The summed E-state index contributed by atoms with van der Waals surface area (Å²) in [6, 6.07) is 0. The largest absolute Gasteiger partial charge is 0.480 e. The molecular formula is C11H14N6O3. The minimum atomic E-state index is -1.04. The first-order chi connectivity index (χ1) is 9.40. The van der Waals surface area contributed by atoms with Crippen LogP contribution in [0.2, 0.25) is 0 Å². The molecule has 2 rings (SSSR count). The van der Waals surface area contributed by atoms with Gasteiger partial charge in [0.1, 0.15) is 6.54 Å². The SMILES string of the molecule is CN(C)C=Nc1nc2c(ncn2CC(=O)O)c(=O)n1C. The lowest BCUT2D eigenvalue weighted by atomic mass is 10.5. The van der Waals surface area contributed by atoms with Crippen molar-refractivity contribution >= 4 is 29.4 Å². The van der Waals surface area contributed by atoms with Crippen LogP contribution in [-0.2, 0) is 18.4 Å². The lowest BCUT2D eigenvalue weighted by Crippen LogP contribution is -2.19. The van der Waals surface area contributed by atoms with Gasteiger partial charge in [0.15, 0.2) is 11.2 Å². The zero-order chi connectivity index (χ0) is 14.9. The van der Waals surface area contributed by atoms with Gasteiger partial charge in [-0.05, 0) is 0 Å². The molecule has 0 saturated carbocycles. The normalized spacial score (nSPS) is 11.3. The molecule has 0 aliphatic rings. The Bertz CT molecular complexity index is 742. The number of imidazole rings is 1. The molecule has 0 radical (unpaired) electrons. The third kappa shape index (κ3) is 2.51. The standard InChI is InChI=1S/C11H14N6O3/c1-15(2)5-13-11-14-9-8(10(20)16(11)3)12-6-17(9)4-7(18)19/h5-6H,4H2,1-3H3,(H,18,19). The third-order valence-electron chi connectivity index (χ3n) is 2.53. The van der Waals surface area contributed by atoms with E-state index in [4.69, 9.17) is 5.11 Å². The van der Waals surface area contributed by atoms with Gasteiger partial charge >= 0.3 is 5.97 Å². The number of aromatic nitrogens is 4. The van der Waals surface area contributed by atoms with Crippen LogP contribution in [0.1, 0.15) is 0 Å². The molecule has 0 unspecified atom stereocenters. The van der Waals surface area contributed by atoms with Crippen LogP contribution < -0.4 is 5.56 Å². The molecule has 1 N–H and O–H groups in total. The van der Waals surface area contributed by atoms with Crippen LogP contribution in [0.25, 0.3) is 11.2 Å². The van der Waals surface area contributed by atoms with Gasteiger partial charge in [-0.2, -0.15) is 4.98 Å². The van der Waals surface area contributed by atoms with E-state index in [0.29, 0.717) is 0 Å². The van der Waals surface area contributed by atoms with E-state index in [1.54, 1.807) is 19.0 Å². The van der Waals surface area contributed by atoms with Crippen molar-refractivity contribution in [1.82, 2.24) is 24.0 Å². The lowest BCUT2D eigenvalue weighted by Gasteiger charge is -2.06. The van der Waals surface area contributed by atoms with Crippen LogP contribution in [0.5, 0.6) is 0 Å². The van der Waals surface area contributed by atoms with Gasteiger partial charge in [0.05, 0.1) is 12.7 Å². The quantitative estimate of drug-likeness (QED) is 0.593. The number of hydrogen-bond donors (Lipinski definition) is 1. The van der Waals surface area contributed by atoms with Gasteiger partial charge in [-0.1, -0.05) is 0 Å². The highest BCUT2D eigenvalue weighted by atomic mass is 16.4. The smallest absolute Gasteiger partial charge is 0.323 e. The number of aliphatic carboxylic acids is 1. The summed E-state index contributed by atoms with van der Waals surface area (Å²) >= 11 is 0. The maximum atomic E-state index is 12.1. The van der Waals surface area contributed by atoms with Crippen LogP contribution in [0.4, 0.5) is 5.95 Å². The molecule has 0 aromatic carbocycles. The van der Waals surface area contributed by atoms with E-state index in [-0.39, 0.29) is 29.2 Å². The van der Waals surface area contributed by atoms with Crippen molar-refractivity contribution < 1.29 is 9.90 Å². The second kappa shape index (κ2) is 5.11. The summed E-state index contributed by atoms with van der Waals surface area (Å²) < 4.78 is 2.56. The van der Waals surface area contributed by atoms with E-state index in [0.717, 1.165) is 0 Å². The maximum absolute atomic E-state index is 12.1. The molecule has 2 heterocycles. The Hall–Kier alpha value is -2.71. The fraction of sp³-hybridized carbons (Fsp3) is 0.364. The van der Waals surface area contributed by atoms with Gasteiger partial charge in [-0.15, -0.1) is 0 Å². The van der Waals surface area contributed by atoms with E-state index < -0.39 is 5.97 Å². The molecule has 0 fully saturated rings. The molecule has 9 heteroatoms. The zero-order valence-corrected chi connectivity index (χ0v) is 11.3. The Morgan fingerprint density at radius 1 is 1.55 bits per heavy atom. The van der Waals surface area contributed by atoms with Crippen molar-refractivity contribution in [2.75, 3.05) is 14.1 Å². The molecule has 2 aromatic rings. The van der Waals surface area contributed by atoms with Gasteiger partial charge in [0.25, 0.3) is 5.56 Å². The van der Waals surface area contributed by atoms with Gasteiger partial charge in [0, 0.05) is 21.1 Å². The molecule has 20 heavy (non-hydrogen) atoms. The highest BCUT2D eigenvalue weighted by Crippen LogP contribution is 2.11. The third-order valence-corrected chi connectivity index (χ3v) is 2.53. The van der Waals surface area contributed by atoms with Crippen LogP contribution in [0.3, 0.4) is 0 Å². The van der Waals surface area contributed by atoms with Gasteiger partial charge < -0.3 is 14.6 Å². The van der Waals surface area contributed by atoms with Gasteiger partial charge in [-0.3, -0.25) is 14.2 Å². The molecule has 0 amide bonds. The first kappa shape index (κ1) is 13.7. The number of nitrogens with zero attached hydrogens (tertiary/aromatic N) is 6. The van der Waals surface area contributed by atoms with E-state index in [9.17, 15) is 9.59 Å². The number of aliphatic imine (C=N–C) groups is 1. The van der Waals surface area contributed by atoms with Gasteiger partial charge in [-0.25, -0.2) is 9.98 Å². The summed E-state index contributed by atoms with van der Waals surface area (Å²) in [4.78, 5) is 36.8. The van der Waals surface area contributed by atoms with Crippen molar-refractivity contribution in [3.63, 3.8) is 0 Å². The highest BCUT2D eigenvalue weighted by molar-refractivity contribution is 5.74. The van der Waals surface area contributed by atoms with Crippen molar-refractivity contribution in [3.05, 3.63) is 16.7 Å². The molecule has 0 aliphatic carbocycles. The predicted molar refractivity (Wildman–Crippen MR) is 72.2 cm³/mol. The highest BCUT2D eigenvalue weighted by Gasteiger charge is 2.14. The van der Waals surface area contributed by atoms with E-state index in [2.05, 4.69) is 15.0 Å². The van der Waals surface area contributed by atoms with Crippen LogP contribution >= 0.6 is 0 Å². The van der Waals surface area contributed by atoms with Crippen molar-refractivity contribution in [3.8, 4) is 0 Å². The minimum Gasteiger partial charge on any atom is -0.480 e. The van der Waals surface area contributed by atoms with E-state index in [1.807, 2.05) is 0 Å². The predicted octanol–water partition coefficient (Wildman–Crippen LogP) is -0.564. The summed E-state index contributed by atoms with van der Waals surface area (Å²) in [6.07, 6.45) is 2.79. The Labute approximate surface area is 113 Å². The second-order valence-electron chi connectivity index (χ2n) is 4.42.